The Morgan fingerprint density at radius 2 is 1.57 bits per heavy atom. The van der Waals surface area contributed by atoms with Crippen molar-refractivity contribution >= 4 is 11.8 Å². The van der Waals surface area contributed by atoms with Crippen molar-refractivity contribution < 1.29 is 14.2 Å². The number of hydrogen-bond acceptors (Lipinski definition) is 5. The Balaban J connectivity index is 1.40. The summed E-state index contributed by atoms with van der Waals surface area (Å²) in [6.45, 7) is 1.27. The number of thioether (sulfide) groups is 1. The van der Waals surface area contributed by atoms with Gasteiger partial charge >= 0.3 is 0 Å². The number of fused-ring (bicyclic) bond motifs is 1. The smallest absolute Gasteiger partial charge is 0.203 e. The van der Waals surface area contributed by atoms with Gasteiger partial charge in [-0.25, -0.2) is 0 Å². The lowest BCUT2D eigenvalue weighted by molar-refractivity contribution is 0.272. The number of nitrogens with one attached hydrogen (secondary N) is 1. The minimum absolute atomic E-state index is 0.327. The van der Waals surface area contributed by atoms with E-state index < -0.39 is 0 Å². The molecule has 5 heteroatoms. The summed E-state index contributed by atoms with van der Waals surface area (Å²) in [4.78, 5) is 1.35. The zero-order valence-electron chi connectivity index (χ0n) is 17.3. The second-order valence-electron chi connectivity index (χ2n) is 7.14. The highest BCUT2D eigenvalue weighted by molar-refractivity contribution is 8.00. The maximum Gasteiger partial charge on any atom is 0.203 e. The Morgan fingerprint density at radius 3 is 2.30 bits per heavy atom. The van der Waals surface area contributed by atoms with Gasteiger partial charge in [0.1, 0.15) is 6.61 Å². The van der Waals surface area contributed by atoms with Gasteiger partial charge in [0.05, 0.1) is 19.6 Å². The second kappa shape index (κ2) is 9.92. The topological polar surface area (TPSA) is 39.7 Å². The van der Waals surface area contributed by atoms with Crippen molar-refractivity contribution in [3.05, 3.63) is 83.9 Å². The van der Waals surface area contributed by atoms with E-state index in [1.807, 2.05) is 30.0 Å². The van der Waals surface area contributed by atoms with Gasteiger partial charge in [0.25, 0.3) is 0 Å². The summed E-state index contributed by atoms with van der Waals surface area (Å²) in [7, 11) is 3.28. The number of hydrogen-bond donors (Lipinski definition) is 1. The molecular formula is C25H27NO3S. The zero-order valence-corrected chi connectivity index (χ0v) is 18.2. The number of benzene rings is 3. The molecule has 4 nitrogen and oxygen atoms in total. The standard InChI is InChI=1S/C25H27NO3S/c1-27-21-12-8-13-22(28-2)25(21)29-16-15-26-24-17-20(18-9-4-3-5-10-18)19-11-6-7-14-23(19)30-24/h3-14,20,24,26H,15-17H2,1-2H3/t20-,24-/m1/s1. The third-order valence-electron chi connectivity index (χ3n) is 5.32. The fourth-order valence-electron chi connectivity index (χ4n) is 3.88. The molecule has 0 saturated heterocycles. The van der Waals surface area contributed by atoms with Crippen molar-refractivity contribution in [1.82, 2.24) is 5.32 Å². The SMILES string of the molecule is COc1cccc(OC)c1OCCN[C@H]1C[C@H](c2ccccc2)c2ccccc2S1. The van der Waals surface area contributed by atoms with Crippen molar-refractivity contribution in [2.45, 2.75) is 22.6 Å². The van der Waals surface area contributed by atoms with Gasteiger partial charge in [-0.3, -0.25) is 0 Å². The molecule has 1 aliphatic heterocycles. The van der Waals surface area contributed by atoms with Crippen LogP contribution in [-0.4, -0.2) is 32.7 Å². The fourth-order valence-corrected chi connectivity index (χ4v) is 5.18. The first-order valence-electron chi connectivity index (χ1n) is 10.2. The number of methoxy groups -OCH3 is 2. The highest BCUT2D eigenvalue weighted by Gasteiger charge is 2.28. The molecule has 156 valence electrons. The molecule has 0 fully saturated rings. The Kier molecular flexibility index (Phi) is 6.82. The molecule has 4 rings (SSSR count). The summed E-state index contributed by atoms with van der Waals surface area (Å²) in [5, 5.41) is 3.99. The lowest BCUT2D eigenvalue weighted by Crippen LogP contribution is -2.33. The van der Waals surface area contributed by atoms with E-state index in [2.05, 4.69) is 59.9 Å². The molecule has 0 spiro atoms. The van der Waals surface area contributed by atoms with E-state index in [1.54, 1.807) is 14.2 Å². The van der Waals surface area contributed by atoms with Crippen LogP contribution >= 0.6 is 11.8 Å². The molecule has 0 bridgehead atoms. The average Bonchev–Trinajstić information content (AvgIpc) is 2.81. The fraction of sp³-hybridized carbons (Fsp3) is 0.280. The molecule has 1 heterocycles. The van der Waals surface area contributed by atoms with Gasteiger partial charge in [-0.2, -0.15) is 0 Å². The van der Waals surface area contributed by atoms with Crippen LogP contribution in [0, 0.1) is 0 Å². The van der Waals surface area contributed by atoms with Gasteiger partial charge in [0.15, 0.2) is 11.5 Å². The molecule has 2 atom stereocenters. The van der Waals surface area contributed by atoms with Crippen molar-refractivity contribution in [2.75, 3.05) is 27.4 Å². The lowest BCUT2D eigenvalue weighted by atomic mass is 9.88. The summed E-state index contributed by atoms with van der Waals surface area (Å²) in [6, 6.07) is 25.2. The summed E-state index contributed by atoms with van der Waals surface area (Å²) >= 11 is 1.90. The molecule has 0 aromatic heterocycles. The maximum absolute atomic E-state index is 6.00. The minimum Gasteiger partial charge on any atom is -0.493 e. The van der Waals surface area contributed by atoms with E-state index in [4.69, 9.17) is 14.2 Å². The van der Waals surface area contributed by atoms with Crippen molar-refractivity contribution in [3.63, 3.8) is 0 Å². The van der Waals surface area contributed by atoms with Crippen LogP contribution in [0.3, 0.4) is 0 Å². The summed E-state index contributed by atoms with van der Waals surface area (Å²) in [5.74, 6) is 2.41. The normalized spacial score (nSPS) is 17.8. The molecule has 3 aromatic rings. The summed E-state index contributed by atoms with van der Waals surface area (Å²) in [6.07, 6.45) is 1.05. The molecule has 0 aliphatic carbocycles. The highest BCUT2D eigenvalue weighted by Crippen LogP contribution is 2.44. The predicted molar refractivity (Wildman–Crippen MR) is 122 cm³/mol. The quantitative estimate of drug-likeness (QED) is 0.498. The number of ether oxygens (including phenoxy) is 3. The number of rotatable bonds is 8. The molecule has 3 aromatic carbocycles. The van der Waals surface area contributed by atoms with Crippen LogP contribution in [0.4, 0.5) is 0 Å². The van der Waals surface area contributed by atoms with Gasteiger partial charge in [0, 0.05) is 17.4 Å². The minimum atomic E-state index is 0.327. The van der Waals surface area contributed by atoms with E-state index in [1.165, 1.54) is 16.0 Å². The molecule has 0 radical (unpaired) electrons. The second-order valence-corrected chi connectivity index (χ2v) is 8.38. The Hall–Kier alpha value is -2.63. The molecule has 30 heavy (non-hydrogen) atoms. The van der Waals surface area contributed by atoms with Crippen LogP contribution in [0.25, 0.3) is 0 Å². The van der Waals surface area contributed by atoms with Crippen LogP contribution in [0.5, 0.6) is 17.2 Å². The Bertz CT molecular complexity index is 941. The van der Waals surface area contributed by atoms with E-state index >= 15 is 0 Å². The first-order valence-corrected chi connectivity index (χ1v) is 11.1. The third kappa shape index (κ3) is 4.58. The molecule has 0 unspecified atom stereocenters. The molecule has 1 aliphatic rings. The molecular weight excluding hydrogens is 394 g/mol. The van der Waals surface area contributed by atoms with Crippen molar-refractivity contribution in [2.24, 2.45) is 0 Å². The van der Waals surface area contributed by atoms with Gasteiger partial charge < -0.3 is 19.5 Å². The predicted octanol–water partition coefficient (Wildman–Crippen LogP) is 5.33. The molecule has 1 N–H and O–H groups in total. The van der Waals surface area contributed by atoms with Gasteiger partial charge in [-0.15, -0.1) is 11.8 Å². The van der Waals surface area contributed by atoms with Crippen LogP contribution in [-0.2, 0) is 0 Å². The molecule has 0 amide bonds. The van der Waals surface area contributed by atoms with E-state index in [0.29, 0.717) is 35.1 Å². The average molecular weight is 422 g/mol. The largest absolute Gasteiger partial charge is 0.493 e. The molecule has 0 saturated carbocycles. The Labute approximate surface area is 182 Å². The Morgan fingerprint density at radius 1 is 0.867 bits per heavy atom. The van der Waals surface area contributed by atoms with Crippen molar-refractivity contribution in [3.8, 4) is 17.2 Å². The van der Waals surface area contributed by atoms with Gasteiger partial charge in [0.2, 0.25) is 5.75 Å². The maximum atomic E-state index is 6.00. The number of para-hydroxylation sites is 1. The summed E-state index contributed by atoms with van der Waals surface area (Å²) < 4.78 is 16.8. The monoisotopic (exact) mass is 421 g/mol. The van der Waals surface area contributed by atoms with E-state index in [9.17, 15) is 0 Å². The summed E-state index contributed by atoms with van der Waals surface area (Å²) in [5.41, 5.74) is 2.79. The van der Waals surface area contributed by atoms with E-state index in [0.717, 1.165) is 13.0 Å². The van der Waals surface area contributed by atoms with Gasteiger partial charge in [-0.05, 0) is 35.7 Å². The highest BCUT2D eigenvalue weighted by atomic mass is 32.2. The van der Waals surface area contributed by atoms with Crippen LogP contribution in [0.2, 0.25) is 0 Å². The first-order chi connectivity index (χ1) is 14.8. The zero-order chi connectivity index (χ0) is 20.8. The first kappa shape index (κ1) is 20.6. The lowest BCUT2D eigenvalue weighted by Gasteiger charge is -2.32. The van der Waals surface area contributed by atoms with Crippen molar-refractivity contribution in [1.29, 1.82) is 0 Å². The van der Waals surface area contributed by atoms with Crippen LogP contribution in [0.1, 0.15) is 23.5 Å². The van der Waals surface area contributed by atoms with E-state index in [-0.39, 0.29) is 0 Å². The van der Waals surface area contributed by atoms with Crippen LogP contribution < -0.4 is 19.5 Å². The van der Waals surface area contributed by atoms with Crippen LogP contribution in [0.15, 0.2) is 77.7 Å². The third-order valence-corrected chi connectivity index (χ3v) is 6.59. The van der Waals surface area contributed by atoms with Gasteiger partial charge in [-0.1, -0.05) is 54.6 Å².